The molecule has 0 heterocycles. The van der Waals surface area contributed by atoms with Crippen molar-refractivity contribution in [1.29, 1.82) is 0 Å². The van der Waals surface area contributed by atoms with Gasteiger partial charge in [-0.2, -0.15) is 0 Å². The molecule has 7 nitrogen and oxygen atoms in total. The van der Waals surface area contributed by atoms with Gasteiger partial charge in [-0.25, -0.2) is 18.4 Å². The van der Waals surface area contributed by atoms with Crippen molar-refractivity contribution in [3.05, 3.63) is 54.1 Å². The fraction of sp³-hybridized carbons (Fsp3) is 0.235. The van der Waals surface area contributed by atoms with Gasteiger partial charge in [-0.3, -0.25) is 0 Å². The van der Waals surface area contributed by atoms with Crippen molar-refractivity contribution in [2.75, 3.05) is 25.5 Å². The summed E-state index contributed by atoms with van der Waals surface area (Å²) in [6, 6.07) is 13.0. The topological polar surface area (TPSA) is 102 Å². The van der Waals surface area contributed by atoms with Crippen molar-refractivity contribution in [1.82, 2.24) is 4.90 Å². The number of primary sulfonamides is 1. The smallest absolute Gasteiger partial charge is 0.321 e. The molecular formula is C17H21N3O4S. The van der Waals surface area contributed by atoms with Crippen LogP contribution in [0.25, 0.3) is 0 Å². The second kappa shape index (κ2) is 8.00. The molecule has 2 aromatic carbocycles. The highest BCUT2D eigenvalue weighted by Gasteiger charge is 2.11. The number of benzene rings is 2. The molecule has 0 aliphatic heterocycles. The number of likely N-dealkylation sites (N-methyl/N-ethyl adjacent to an activating group) is 1. The van der Waals surface area contributed by atoms with Crippen LogP contribution in [0.15, 0.2) is 53.4 Å². The number of hydrogen-bond acceptors (Lipinski definition) is 4. The lowest BCUT2D eigenvalue weighted by Gasteiger charge is -2.18. The first-order valence-electron chi connectivity index (χ1n) is 7.60. The minimum absolute atomic E-state index is 0.00888. The molecule has 0 fully saturated rings. The number of rotatable bonds is 6. The van der Waals surface area contributed by atoms with Crippen LogP contribution >= 0.6 is 0 Å². The number of carbonyl (C=O) groups excluding carboxylic acids is 1. The predicted molar refractivity (Wildman–Crippen MR) is 96.1 cm³/mol. The second-order valence-corrected chi connectivity index (χ2v) is 7.15. The van der Waals surface area contributed by atoms with Crippen LogP contribution in [0.5, 0.6) is 5.75 Å². The molecule has 0 saturated heterocycles. The molecule has 134 valence electrons. The molecule has 0 aliphatic rings. The molecule has 0 aliphatic carbocycles. The number of ether oxygens (including phenoxy) is 1. The van der Waals surface area contributed by atoms with E-state index in [9.17, 15) is 13.2 Å². The maximum absolute atomic E-state index is 12.1. The summed E-state index contributed by atoms with van der Waals surface area (Å²) in [4.78, 5) is 13.6. The number of nitrogens with one attached hydrogen (secondary N) is 1. The zero-order chi connectivity index (χ0) is 18.4. The van der Waals surface area contributed by atoms with E-state index in [4.69, 9.17) is 9.88 Å². The molecule has 2 amide bonds. The Morgan fingerprint density at radius 1 is 1.20 bits per heavy atom. The summed E-state index contributed by atoms with van der Waals surface area (Å²) >= 11 is 0. The minimum atomic E-state index is -3.75. The van der Waals surface area contributed by atoms with Gasteiger partial charge in [0.2, 0.25) is 10.0 Å². The van der Waals surface area contributed by atoms with Crippen LogP contribution in [-0.4, -0.2) is 39.5 Å². The number of aryl methyl sites for hydroxylation is 1. The zero-order valence-corrected chi connectivity index (χ0v) is 14.9. The Morgan fingerprint density at radius 3 is 2.48 bits per heavy atom. The highest BCUT2D eigenvalue weighted by molar-refractivity contribution is 7.89. The van der Waals surface area contributed by atoms with Crippen molar-refractivity contribution >= 4 is 21.7 Å². The van der Waals surface area contributed by atoms with Gasteiger partial charge in [0, 0.05) is 12.7 Å². The van der Waals surface area contributed by atoms with Crippen molar-refractivity contribution < 1.29 is 17.9 Å². The number of urea groups is 1. The first kappa shape index (κ1) is 18.8. The van der Waals surface area contributed by atoms with E-state index in [1.807, 2.05) is 31.2 Å². The number of sulfonamides is 1. The number of amides is 2. The van der Waals surface area contributed by atoms with Crippen molar-refractivity contribution in [3.8, 4) is 5.75 Å². The van der Waals surface area contributed by atoms with Crippen LogP contribution in [0.3, 0.4) is 0 Å². The molecule has 8 heteroatoms. The first-order valence-corrected chi connectivity index (χ1v) is 9.15. The Labute approximate surface area is 147 Å². The molecule has 0 unspecified atom stereocenters. The molecule has 2 rings (SSSR count). The molecule has 2 aromatic rings. The highest BCUT2D eigenvalue weighted by atomic mass is 32.2. The summed E-state index contributed by atoms with van der Waals surface area (Å²) in [5, 5.41) is 7.71. The van der Waals surface area contributed by atoms with Gasteiger partial charge in [-0.1, -0.05) is 12.1 Å². The van der Waals surface area contributed by atoms with Gasteiger partial charge in [-0.15, -0.1) is 0 Å². The van der Waals surface area contributed by atoms with E-state index in [1.165, 1.54) is 29.2 Å². The lowest BCUT2D eigenvalue weighted by molar-refractivity contribution is 0.207. The molecule has 25 heavy (non-hydrogen) atoms. The molecule has 0 spiro atoms. The third kappa shape index (κ3) is 5.77. The third-order valence-electron chi connectivity index (χ3n) is 3.47. The van der Waals surface area contributed by atoms with E-state index >= 15 is 0 Å². The number of hydrogen-bond donors (Lipinski definition) is 2. The molecule has 0 bridgehead atoms. The predicted octanol–water partition coefficient (Wildman–Crippen LogP) is 2.19. The van der Waals surface area contributed by atoms with Crippen LogP contribution in [0.2, 0.25) is 0 Å². The number of nitrogens with two attached hydrogens (primary N) is 1. The summed E-state index contributed by atoms with van der Waals surface area (Å²) in [5.74, 6) is 0.757. The fourth-order valence-corrected chi connectivity index (χ4v) is 2.57. The van der Waals surface area contributed by atoms with Crippen molar-refractivity contribution in [3.63, 3.8) is 0 Å². The van der Waals surface area contributed by atoms with E-state index in [1.54, 1.807) is 7.05 Å². The summed E-state index contributed by atoms with van der Waals surface area (Å²) in [6.45, 7) is 2.74. The molecule has 3 N–H and O–H groups in total. The SMILES string of the molecule is Cc1cccc(OCCN(C)C(=O)Nc2ccc(S(N)(=O)=O)cc2)c1. The largest absolute Gasteiger partial charge is 0.492 e. The quantitative estimate of drug-likeness (QED) is 0.821. The van der Waals surface area contributed by atoms with Gasteiger partial charge >= 0.3 is 6.03 Å². The monoisotopic (exact) mass is 363 g/mol. The van der Waals surface area contributed by atoms with Gasteiger partial charge in [-0.05, 0) is 48.9 Å². The molecular weight excluding hydrogens is 342 g/mol. The van der Waals surface area contributed by atoms with Gasteiger partial charge in [0.15, 0.2) is 0 Å². The Bertz CT molecular complexity index is 835. The van der Waals surface area contributed by atoms with Gasteiger partial charge in [0.1, 0.15) is 12.4 Å². The number of anilines is 1. The lowest BCUT2D eigenvalue weighted by atomic mass is 10.2. The van der Waals surface area contributed by atoms with E-state index < -0.39 is 10.0 Å². The Morgan fingerprint density at radius 2 is 1.88 bits per heavy atom. The summed E-state index contributed by atoms with van der Waals surface area (Å²) in [6.07, 6.45) is 0. The van der Waals surface area contributed by atoms with Crippen LogP contribution in [0.4, 0.5) is 10.5 Å². The first-order chi connectivity index (χ1) is 11.8. The number of nitrogens with zero attached hydrogens (tertiary/aromatic N) is 1. The van der Waals surface area contributed by atoms with E-state index in [-0.39, 0.29) is 10.9 Å². The Kier molecular flexibility index (Phi) is 6.00. The van der Waals surface area contributed by atoms with Crippen molar-refractivity contribution in [2.24, 2.45) is 5.14 Å². The molecule has 0 aromatic heterocycles. The highest BCUT2D eigenvalue weighted by Crippen LogP contribution is 2.14. The average molecular weight is 363 g/mol. The molecule has 0 atom stereocenters. The van der Waals surface area contributed by atoms with Gasteiger partial charge in [0.05, 0.1) is 11.4 Å². The summed E-state index contributed by atoms with van der Waals surface area (Å²) < 4.78 is 28.0. The van der Waals surface area contributed by atoms with Crippen molar-refractivity contribution in [2.45, 2.75) is 11.8 Å². The van der Waals surface area contributed by atoms with Gasteiger partial charge < -0.3 is 15.0 Å². The molecule has 0 radical (unpaired) electrons. The fourth-order valence-electron chi connectivity index (χ4n) is 2.05. The standard InChI is InChI=1S/C17H21N3O4S/c1-13-4-3-5-15(12-13)24-11-10-20(2)17(21)19-14-6-8-16(9-7-14)25(18,22)23/h3-9,12H,10-11H2,1-2H3,(H,19,21)(H2,18,22,23). The third-order valence-corrected chi connectivity index (χ3v) is 4.40. The normalized spacial score (nSPS) is 11.0. The second-order valence-electron chi connectivity index (χ2n) is 5.59. The molecule has 0 saturated carbocycles. The zero-order valence-electron chi connectivity index (χ0n) is 14.1. The van der Waals surface area contributed by atoms with E-state index in [2.05, 4.69) is 5.32 Å². The lowest BCUT2D eigenvalue weighted by Crippen LogP contribution is -2.34. The van der Waals surface area contributed by atoms with E-state index in [0.717, 1.165) is 11.3 Å². The average Bonchev–Trinajstić information content (AvgIpc) is 2.54. The Hall–Kier alpha value is -2.58. The Balaban J connectivity index is 1.83. The minimum Gasteiger partial charge on any atom is -0.492 e. The van der Waals surface area contributed by atoms with Gasteiger partial charge in [0.25, 0.3) is 0 Å². The maximum Gasteiger partial charge on any atom is 0.321 e. The van der Waals surface area contributed by atoms with Crippen LogP contribution < -0.4 is 15.2 Å². The van der Waals surface area contributed by atoms with Crippen LogP contribution in [0, 0.1) is 6.92 Å². The number of carbonyl (C=O) groups is 1. The maximum atomic E-state index is 12.1. The van der Waals surface area contributed by atoms with E-state index in [0.29, 0.717) is 18.8 Å². The summed E-state index contributed by atoms with van der Waals surface area (Å²) in [5.41, 5.74) is 1.58. The summed E-state index contributed by atoms with van der Waals surface area (Å²) in [7, 11) is -2.10. The van der Waals surface area contributed by atoms with Crippen LogP contribution in [0.1, 0.15) is 5.56 Å². The van der Waals surface area contributed by atoms with Crippen LogP contribution in [-0.2, 0) is 10.0 Å².